The van der Waals surface area contributed by atoms with Gasteiger partial charge in [0.1, 0.15) is 11.6 Å². The van der Waals surface area contributed by atoms with Crippen LogP contribution in [-0.2, 0) is 24.1 Å². The molecule has 0 saturated heterocycles. The van der Waals surface area contributed by atoms with Gasteiger partial charge in [-0.15, -0.1) is 0 Å². The molecule has 0 fully saturated rings. The first-order valence-corrected chi connectivity index (χ1v) is 7.48. The van der Waals surface area contributed by atoms with Crippen LogP contribution in [0.25, 0.3) is 0 Å². The number of benzene rings is 2. The number of halogens is 1. The van der Waals surface area contributed by atoms with Gasteiger partial charge in [-0.1, -0.05) is 30.3 Å². The van der Waals surface area contributed by atoms with Crippen molar-refractivity contribution >= 4 is 5.78 Å². The Bertz CT molecular complexity index is 675. The molecule has 0 radical (unpaired) electrons. The fourth-order valence-corrected chi connectivity index (χ4v) is 3.16. The van der Waals surface area contributed by atoms with Crippen LogP contribution in [0.15, 0.2) is 42.5 Å². The normalized spacial score (nSPS) is 17.3. The summed E-state index contributed by atoms with van der Waals surface area (Å²) in [7, 11) is 0. The zero-order valence-electron chi connectivity index (χ0n) is 12.2. The summed E-state index contributed by atoms with van der Waals surface area (Å²) in [6.45, 7) is 1.86. The van der Waals surface area contributed by atoms with Crippen molar-refractivity contribution < 1.29 is 9.18 Å². The molecule has 0 aliphatic heterocycles. The molecule has 2 heteroatoms. The van der Waals surface area contributed by atoms with Crippen LogP contribution in [0.2, 0.25) is 0 Å². The molecule has 0 bridgehead atoms. The molecule has 1 nitrogen and oxygen atoms in total. The number of hydrogen-bond donors (Lipinski definition) is 0. The lowest BCUT2D eigenvalue weighted by Gasteiger charge is -2.23. The molecular formula is C19H19FO. The second kappa shape index (κ2) is 5.80. The summed E-state index contributed by atoms with van der Waals surface area (Å²) in [5.41, 5.74) is 4.48. The van der Waals surface area contributed by atoms with E-state index in [1.807, 2.05) is 13.0 Å². The van der Waals surface area contributed by atoms with Gasteiger partial charge in [-0.3, -0.25) is 4.79 Å². The minimum atomic E-state index is -0.240. The largest absolute Gasteiger partial charge is 0.299 e. The van der Waals surface area contributed by atoms with Crippen LogP contribution in [0.4, 0.5) is 4.39 Å². The molecular weight excluding hydrogens is 263 g/mol. The van der Waals surface area contributed by atoms with Crippen molar-refractivity contribution in [2.75, 3.05) is 0 Å². The minimum Gasteiger partial charge on any atom is -0.299 e. The zero-order chi connectivity index (χ0) is 14.8. The van der Waals surface area contributed by atoms with E-state index in [4.69, 9.17) is 0 Å². The van der Waals surface area contributed by atoms with Crippen LogP contribution in [0, 0.1) is 18.7 Å². The van der Waals surface area contributed by atoms with Crippen molar-refractivity contribution in [1.82, 2.24) is 0 Å². The fraction of sp³-hybridized carbons (Fsp3) is 0.316. The number of hydrogen-bond acceptors (Lipinski definition) is 1. The maximum absolute atomic E-state index is 13.1. The lowest BCUT2D eigenvalue weighted by atomic mass is 9.80. The number of aryl methyl sites for hydroxylation is 2. The van der Waals surface area contributed by atoms with E-state index in [1.165, 1.54) is 23.3 Å². The molecule has 0 aromatic heterocycles. The van der Waals surface area contributed by atoms with Gasteiger partial charge in [0.05, 0.1) is 0 Å². The van der Waals surface area contributed by atoms with Gasteiger partial charge in [-0.25, -0.2) is 4.39 Å². The Morgan fingerprint density at radius 3 is 2.71 bits per heavy atom. The molecule has 3 rings (SSSR count). The lowest BCUT2D eigenvalue weighted by molar-refractivity contribution is -0.122. The molecule has 1 atom stereocenters. The van der Waals surface area contributed by atoms with Gasteiger partial charge in [-0.2, -0.15) is 0 Å². The molecule has 0 saturated carbocycles. The zero-order valence-corrected chi connectivity index (χ0v) is 12.2. The average Bonchev–Trinajstić information content (AvgIpc) is 2.49. The second-order valence-corrected chi connectivity index (χ2v) is 5.92. The van der Waals surface area contributed by atoms with Crippen LogP contribution in [0.1, 0.15) is 28.7 Å². The fourth-order valence-electron chi connectivity index (χ4n) is 3.16. The van der Waals surface area contributed by atoms with E-state index in [-0.39, 0.29) is 17.5 Å². The molecule has 2 aromatic carbocycles. The molecule has 0 N–H and O–H groups in total. The van der Waals surface area contributed by atoms with E-state index >= 15 is 0 Å². The molecule has 0 amide bonds. The third kappa shape index (κ3) is 3.05. The van der Waals surface area contributed by atoms with Gasteiger partial charge in [-0.05, 0) is 60.6 Å². The van der Waals surface area contributed by atoms with Gasteiger partial charge in [0.25, 0.3) is 0 Å². The molecule has 1 aliphatic rings. The van der Waals surface area contributed by atoms with Crippen molar-refractivity contribution in [3.05, 3.63) is 70.5 Å². The Kier molecular flexibility index (Phi) is 3.87. The van der Waals surface area contributed by atoms with E-state index in [0.717, 1.165) is 30.4 Å². The molecule has 1 aliphatic carbocycles. The number of ketones is 1. The molecule has 0 heterocycles. The topological polar surface area (TPSA) is 17.1 Å². The van der Waals surface area contributed by atoms with Crippen LogP contribution >= 0.6 is 0 Å². The Morgan fingerprint density at radius 1 is 1.19 bits per heavy atom. The number of Topliss-reactive ketones (excluding diaryl/α,β-unsaturated/α-hetero) is 1. The first-order chi connectivity index (χ1) is 10.1. The van der Waals surface area contributed by atoms with Crippen LogP contribution in [-0.4, -0.2) is 5.78 Å². The smallest absolute Gasteiger partial charge is 0.140 e. The van der Waals surface area contributed by atoms with E-state index < -0.39 is 0 Å². The summed E-state index contributed by atoms with van der Waals surface area (Å²) in [5.74, 6) is 0.138. The van der Waals surface area contributed by atoms with E-state index in [0.29, 0.717) is 6.42 Å². The van der Waals surface area contributed by atoms with Crippen molar-refractivity contribution in [3.8, 4) is 0 Å². The molecule has 2 aromatic rings. The number of fused-ring (bicyclic) bond motifs is 1. The van der Waals surface area contributed by atoms with Crippen molar-refractivity contribution in [2.24, 2.45) is 5.92 Å². The van der Waals surface area contributed by atoms with Gasteiger partial charge in [0.2, 0.25) is 0 Å². The maximum Gasteiger partial charge on any atom is 0.140 e. The van der Waals surface area contributed by atoms with Gasteiger partial charge in [0.15, 0.2) is 0 Å². The standard InChI is InChI=1S/C19H19FO/c1-13-10-18(20)9-8-15(13)12-19(21)17-7-6-14-4-2-3-5-16(14)11-17/h2-5,8-10,17H,6-7,11-12H2,1H3. The second-order valence-electron chi connectivity index (χ2n) is 5.92. The molecule has 1 unspecified atom stereocenters. The van der Waals surface area contributed by atoms with E-state index in [2.05, 4.69) is 18.2 Å². The van der Waals surface area contributed by atoms with Crippen LogP contribution in [0.3, 0.4) is 0 Å². The summed E-state index contributed by atoms with van der Waals surface area (Å²) in [6.07, 6.45) is 3.17. The van der Waals surface area contributed by atoms with Crippen LogP contribution < -0.4 is 0 Å². The first kappa shape index (κ1) is 14.0. The predicted molar refractivity (Wildman–Crippen MR) is 81.8 cm³/mol. The number of carbonyl (C=O) groups is 1. The summed E-state index contributed by atoms with van der Waals surface area (Å²) >= 11 is 0. The van der Waals surface area contributed by atoms with E-state index in [1.54, 1.807) is 6.07 Å². The Hall–Kier alpha value is -1.96. The lowest BCUT2D eigenvalue weighted by Crippen LogP contribution is -2.24. The Morgan fingerprint density at radius 2 is 1.95 bits per heavy atom. The highest BCUT2D eigenvalue weighted by atomic mass is 19.1. The summed E-state index contributed by atoms with van der Waals surface area (Å²) in [5, 5.41) is 0. The highest BCUT2D eigenvalue weighted by molar-refractivity contribution is 5.84. The summed E-state index contributed by atoms with van der Waals surface area (Å²) in [4.78, 5) is 12.5. The molecule has 21 heavy (non-hydrogen) atoms. The summed E-state index contributed by atoms with van der Waals surface area (Å²) in [6, 6.07) is 13.0. The highest BCUT2D eigenvalue weighted by Gasteiger charge is 2.24. The Balaban J connectivity index is 1.72. The maximum atomic E-state index is 13.1. The van der Waals surface area contributed by atoms with E-state index in [9.17, 15) is 9.18 Å². The monoisotopic (exact) mass is 282 g/mol. The third-order valence-corrected chi connectivity index (χ3v) is 4.47. The van der Waals surface area contributed by atoms with Gasteiger partial charge in [0, 0.05) is 12.3 Å². The number of rotatable bonds is 3. The average molecular weight is 282 g/mol. The van der Waals surface area contributed by atoms with Crippen molar-refractivity contribution in [1.29, 1.82) is 0 Å². The highest BCUT2D eigenvalue weighted by Crippen LogP contribution is 2.27. The number of carbonyl (C=O) groups excluding carboxylic acids is 1. The molecule has 108 valence electrons. The predicted octanol–water partition coefficient (Wildman–Crippen LogP) is 4.05. The minimum absolute atomic E-state index is 0.101. The van der Waals surface area contributed by atoms with Crippen molar-refractivity contribution in [2.45, 2.75) is 32.6 Å². The van der Waals surface area contributed by atoms with Gasteiger partial charge < -0.3 is 0 Å². The van der Waals surface area contributed by atoms with Crippen molar-refractivity contribution in [3.63, 3.8) is 0 Å². The van der Waals surface area contributed by atoms with Gasteiger partial charge >= 0.3 is 0 Å². The SMILES string of the molecule is Cc1cc(F)ccc1CC(=O)C1CCc2ccccc2C1. The summed E-state index contributed by atoms with van der Waals surface area (Å²) < 4.78 is 13.1. The third-order valence-electron chi connectivity index (χ3n) is 4.47. The molecule has 0 spiro atoms. The Labute approximate surface area is 124 Å². The quantitative estimate of drug-likeness (QED) is 0.830. The first-order valence-electron chi connectivity index (χ1n) is 7.48. The van der Waals surface area contributed by atoms with Crippen LogP contribution in [0.5, 0.6) is 0 Å².